The molecule has 7 N–H and O–H groups in total. The Kier molecular flexibility index (Phi) is 10.4. The standard InChI is InChI=1S/C18H12FN7O5.C10H13NO2.CH4/c19-8-2-1-7(3-9(8)24-14-13(20)15(27)16(14)28)5-21-17(29)10-4-11(18(30)31)26-12(23-10)6-22-25-26;1-7(11)8-3-5-9(6-4-8)10(12)13-2;/h1-4,6,24H,5,20H2,(H,21,29)(H,30,31);3-7H,11H2,1-2H3;1H4/t;7-;/m.0./s1. The second kappa shape index (κ2) is 14.0. The SMILES string of the molecule is C.COC(=O)c1ccc([C@H](C)N)cc1.Nc1c(Nc2cc(CNC(=O)c3cc(C(=O)O)n4nncc4n3)ccc2F)c(=O)c1=O. The van der Waals surface area contributed by atoms with Gasteiger partial charge in [0.15, 0.2) is 11.3 Å². The summed E-state index contributed by atoms with van der Waals surface area (Å²) in [6.45, 7) is 1.83. The number of nitrogen functional groups attached to an aromatic ring is 1. The highest BCUT2D eigenvalue weighted by molar-refractivity contribution is 5.96. The lowest BCUT2D eigenvalue weighted by molar-refractivity contribution is 0.0599. The second-order valence-corrected chi connectivity index (χ2v) is 9.31. The first-order chi connectivity index (χ1) is 20.9. The zero-order valence-corrected chi connectivity index (χ0v) is 23.2. The average molecular weight is 621 g/mol. The number of methoxy groups -OCH3 is 1. The zero-order chi connectivity index (χ0) is 32.1. The summed E-state index contributed by atoms with van der Waals surface area (Å²) in [7, 11) is 1.36. The number of nitrogens with zero attached hydrogens (tertiary/aromatic N) is 4. The predicted octanol–water partition coefficient (Wildman–Crippen LogP) is 1.94. The van der Waals surface area contributed by atoms with E-state index in [9.17, 15) is 33.5 Å². The predicted molar refractivity (Wildman–Crippen MR) is 161 cm³/mol. The van der Waals surface area contributed by atoms with Crippen molar-refractivity contribution in [3.05, 3.63) is 109 Å². The van der Waals surface area contributed by atoms with Gasteiger partial charge in [-0.05, 0) is 42.3 Å². The number of benzene rings is 2. The number of carboxylic acids is 1. The highest BCUT2D eigenvalue weighted by Crippen LogP contribution is 2.22. The number of carboxylic acid groups (broad SMARTS) is 1. The molecule has 0 fully saturated rings. The maximum atomic E-state index is 14.1. The molecule has 0 unspecified atom stereocenters. The first-order valence-corrected chi connectivity index (χ1v) is 12.7. The van der Waals surface area contributed by atoms with Crippen molar-refractivity contribution in [3.8, 4) is 0 Å². The number of ether oxygens (including phenoxy) is 1. The molecule has 0 bridgehead atoms. The number of amides is 1. The minimum Gasteiger partial charge on any atom is -0.477 e. The molecule has 0 aliphatic carbocycles. The lowest BCUT2D eigenvalue weighted by atomic mass is 10.1. The summed E-state index contributed by atoms with van der Waals surface area (Å²) in [5.41, 5.74) is 10.4. The fraction of sp³-hybridized carbons (Fsp3) is 0.172. The van der Waals surface area contributed by atoms with Crippen molar-refractivity contribution in [1.29, 1.82) is 0 Å². The molecule has 0 radical (unpaired) electrons. The minimum atomic E-state index is -1.32. The molecule has 0 spiro atoms. The van der Waals surface area contributed by atoms with Gasteiger partial charge in [-0.15, -0.1) is 5.10 Å². The Morgan fingerprint density at radius 2 is 1.78 bits per heavy atom. The molecular weight excluding hydrogens is 591 g/mol. The number of esters is 1. The van der Waals surface area contributed by atoms with Gasteiger partial charge in [-0.3, -0.25) is 14.4 Å². The van der Waals surface area contributed by atoms with Crippen molar-refractivity contribution in [3.63, 3.8) is 0 Å². The molecule has 0 aliphatic heterocycles. The van der Waals surface area contributed by atoms with Gasteiger partial charge in [-0.2, -0.15) is 4.52 Å². The fourth-order valence-corrected chi connectivity index (χ4v) is 3.85. The normalized spacial score (nSPS) is 11.1. The molecule has 0 aliphatic rings. The molecule has 0 saturated carbocycles. The Bertz CT molecular complexity index is 1950. The molecule has 0 saturated heterocycles. The van der Waals surface area contributed by atoms with Crippen LogP contribution in [0.15, 0.2) is 64.3 Å². The molecular formula is C29H29FN8O7. The molecule has 1 atom stereocenters. The molecule has 5 rings (SSSR count). The Morgan fingerprint density at radius 1 is 1.09 bits per heavy atom. The van der Waals surface area contributed by atoms with Crippen molar-refractivity contribution < 1.29 is 28.6 Å². The van der Waals surface area contributed by atoms with Gasteiger partial charge in [0.25, 0.3) is 16.8 Å². The summed E-state index contributed by atoms with van der Waals surface area (Å²) in [6, 6.07) is 12.0. The van der Waals surface area contributed by atoms with E-state index in [1.54, 1.807) is 12.1 Å². The number of anilines is 3. The summed E-state index contributed by atoms with van der Waals surface area (Å²) in [4.78, 5) is 61.6. The van der Waals surface area contributed by atoms with Gasteiger partial charge in [0, 0.05) is 18.7 Å². The fourth-order valence-electron chi connectivity index (χ4n) is 3.85. The molecule has 3 aromatic carbocycles. The van der Waals surface area contributed by atoms with E-state index in [0.717, 1.165) is 22.2 Å². The molecule has 16 heteroatoms. The van der Waals surface area contributed by atoms with Crippen LogP contribution in [0.5, 0.6) is 0 Å². The molecule has 15 nitrogen and oxygen atoms in total. The number of nitrogens with one attached hydrogen (secondary N) is 2. The van der Waals surface area contributed by atoms with Gasteiger partial charge < -0.3 is 31.9 Å². The molecule has 5 aromatic rings. The molecule has 45 heavy (non-hydrogen) atoms. The van der Waals surface area contributed by atoms with E-state index in [0.29, 0.717) is 11.1 Å². The van der Waals surface area contributed by atoms with Gasteiger partial charge in [-0.25, -0.2) is 19.0 Å². The van der Waals surface area contributed by atoms with E-state index in [1.165, 1.54) is 25.4 Å². The van der Waals surface area contributed by atoms with Crippen molar-refractivity contribution in [2.24, 2.45) is 5.73 Å². The Hall–Kier alpha value is -6.03. The lowest BCUT2D eigenvalue weighted by Crippen LogP contribution is -2.36. The number of carbonyl (C=O) groups is 3. The number of aromatic nitrogens is 4. The summed E-state index contributed by atoms with van der Waals surface area (Å²) >= 11 is 0. The molecule has 2 aromatic heterocycles. The van der Waals surface area contributed by atoms with Crippen LogP contribution in [-0.2, 0) is 11.3 Å². The van der Waals surface area contributed by atoms with E-state index in [2.05, 4.69) is 30.7 Å². The van der Waals surface area contributed by atoms with Gasteiger partial charge in [0.1, 0.15) is 22.9 Å². The average Bonchev–Trinajstić information content (AvgIpc) is 3.51. The first kappa shape index (κ1) is 33.5. The number of halogens is 1. The molecule has 2 heterocycles. The van der Waals surface area contributed by atoms with Crippen LogP contribution in [0.25, 0.3) is 5.65 Å². The highest BCUT2D eigenvalue weighted by atomic mass is 19.1. The Labute approximate surface area is 254 Å². The van der Waals surface area contributed by atoms with Crippen LogP contribution in [0.4, 0.5) is 21.5 Å². The summed E-state index contributed by atoms with van der Waals surface area (Å²) in [5, 5.41) is 21.4. The van der Waals surface area contributed by atoms with Gasteiger partial charge in [0.05, 0.1) is 24.6 Å². The van der Waals surface area contributed by atoms with E-state index in [4.69, 9.17) is 11.5 Å². The van der Waals surface area contributed by atoms with Gasteiger partial charge in [0.2, 0.25) is 0 Å². The number of rotatable bonds is 8. The molecule has 234 valence electrons. The third kappa shape index (κ3) is 7.31. The number of nitrogens with two attached hydrogens (primary N) is 2. The quantitative estimate of drug-likeness (QED) is 0.123. The van der Waals surface area contributed by atoms with Crippen LogP contribution in [0.2, 0.25) is 0 Å². The van der Waals surface area contributed by atoms with Crippen molar-refractivity contribution in [1.82, 2.24) is 25.1 Å². The van der Waals surface area contributed by atoms with E-state index >= 15 is 0 Å². The molecule has 1 amide bonds. The maximum absolute atomic E-state index is 14.1. The minimum absolute atomic E-state index is 0. The third-order valence-electron chi connectivity index (χ3n) is 6.27. The van der Waals surface area contributed by atoms with Gasteiger partial charge in [-0.1, -0.05) is 30.8 Å². The number of hydrogen-bond acceptors (Lipinski definition) is 12. The van der Waals surface area contributed by atoms with E-state index in [-0.39, 0.29) is 60.1 Å². The maximum Gasteiger partial charge on any atom is 0.354 e. The zero-order valence-electron chi connectivity index (χ0n) is 23.2. The van der Waals surface area contributed by atoms with Crippen LogP contribution < -0.4 is 33.0 Å². The largest absolute Gasteiger partial charge is 0.477 e. The summed E-state index contributed by atoms with van der Waals surface area (Å²) in [6.07, 6.45) is 1.20. The Balaban J connectivity index is 0.000000333. The van der Waals surface area contributed by atoms with Crippen LogP contribution in [0.3, 0.4) is 0 Å². The first-order valence-electron chi connectivity index (χ1n) is 12.7. The third-order valence-corrected chi connectivity index (χ3v) is 6.27. The van der Waals surface area contributed by atoms with Crippen molar-refractivity contribution in [2.45, 2.75) is 26.9 Å². The number of hydrogen-bond donors (Lipinski definition) is 5. The van der Waals surface area contributed by atoms with Crippen LogP contribution in [-0.4, -0.2) is 49.9 Å². The van der Waals surface area contributed by atoms with Crippen LogP contribution in [0.1, 0.15) is 62.9 Å². The van der Waals surface area contributed by atoms with E-state index in [1.807, 2.05) is 19.1 Å². The highest BCUT2D eigenvalue weighted by Gasteiger charge is 2.20. The van der Waals surface area contributed by atoms with Crippen LogP contribution >= 0.6 is 0 Å². The smallest absolute Gasteiger partial charge is 0.354 e. The van der Waals surface area contributed by atoms with E-state index < -0.39 is 28.6 Å². The summed E-state index contributed by atoms with van der Waals surface area (Å²) in [5.74, 6) is -3.03. The Morgan fingerprint density at radius 3 is 2.38 bits per heavy atom. The van der Waals surface area contributed by atoms with Gasteiger partial charge >= 0.3 is 11.9 Å². The second-order valence-electron chi connectivity index (χ2n) is 9.31. The van der Waals surface area contributed by atoms with Crippen molar-refractivity contribution >= 4 is 40.6 Å². The lowest BCUT2D eigenvalue weighted by Gasteiger charge is -2.12. The monoisotopic (exact) mass is 620 g/mol. The number of carbonyl (C=O) groups excluding carboxylic acids is 2. The number of fused-ring (bicyclic) bond motifs is 1. The topological polar surface area (TPSA) is 234 Å². The van der Waals surface area contributed by atoms with Crippen LogP contribution in [0, 0.1) is 5.82 Å². The number of aromatic carboxylic acids is 1. The van der Waals surface area contributed by atoms with Crippen molar-refractivity contribution in [2.75, 3.05) is 18.2 Å². The summed E-state index contributed by atoms with van der Waals surface area (Å²) < 4.78 is 19.6.